The van der Waals surface area contributed by atoms with E-state index in [0.717, 1.165) is 32.6 Å². The highest BCUT2D eigenvalue weighted by atomic mass is 15.1. The minimum atomic E-state index is 0.532. The number of nitrogens with zero attached hydrogens (tertiary/aromatic N) is 2. The lowest BCUT2D eigenvalue weighted by atomic mass is 10.1. The second kappa shape index (κ2) is 9.37. The molecule has 4 nitrogen and oxygen atoms in total. The van der Waals surface area contributed by atoms with E-state index in [1.54, 1.807) is 0 Å². The van der Waals surface area contributed by atoms with Gasteiger partial charge in [-0.3, -0.25) is 4.90 Å². The average Bonchev–Trinajstić information content (AvgIpc) is 2.49. The summed E-state index contributed by atoms with van der Waals surface area (Å²) in [6.45, 7) is 11.1. The average molecular weight is 276 g/mol. The summed E-state index contributed by atoms with van der Waals surface area (Å²) in [6, 6.07) is 8.46. The standard InChI is InChI=1S/C16H28N4/c1-4-11-18-16(17)19-12-14-9-7-8-10-15(14)13-20(5-2)6-3/h7-10H,4-6,11-13H2,1-3H3,(H3,17,18,19). The van der Waals surface area contributed by atoms with E-state index in [1.165, 1.54) is 11.1 Å². The Morgan fingerprint density at radius 2 is 1.80 bits per heavy atom. The highest BCUT2D eigenvalue weighted by Gasteiger charge is 2.05. The SMILES string of the molecule is CCCNC(N)=NCc1ccccc1CN(CC)CC. The van der Waals surface area contributed by atoms with Gasteiger partial charge in [0.1, 0.15) is 0 Å². The zero-order chi connectivity index (χ0) is 14.8. The van der Waals surface area contributed by atoms with Gasteiger partial charge in [0, 0.05) is 13.1 Å². The van der Waals surface area contributed by atoms with Gasteiger partial charge in [0.2, 0.25) is 0 Å². The minimum absolute atomic E-state index is 0.532. The van der Waals surface area contributed by atoms with Gasteiger partial charge in [-0.1, -0.05) is 45.0 Å². The van der Waals surface area contributed by atoms with Crippen LogP contribution in [0.3, 0.4) is 0 Å². The van der Waals surface area contributed by atoms with E-state index < -0.39 is 0 Å². The molecule has 0 unspecified atom stereocenters. The molecule has 0 aliphatic heterocycles. The molecule has 0 spiro atoms. The van der Waals surface area contributed by atoms with E-state index in [-0.39, 0.29) is 0 Å². The van der Waals surface area contributed by atoms with Crippen molar-refractivity contribution in [2.75, 3.05) is 19.6 Å². The van der Waals surface area contributed by atoms with Crippen LogP contribution in [0.15, 0.2) is 29.3 Å². The Labute approximate surface area is 123 Å². The maximum absolute atomic E-state index is 5.84. The second-order valence-corrected chi connectivity index (χ2v) is 4.86. The van der Waals surface area contributed by atoms with E-state index in [0.29, 0.717) is 12.5 Å². The van der Waals surface area contributed by atoms with E-state index in [4.69, 9.17) is 5.73 Å². The molecule has 0 bridgehead atoms. The topological polar surface area (TPSA) is 53.6 Å². The lowest BCUT2D eigenvalue weighted by Crippen LogP contribution is -2.32. The molecule has 0 fully saturated rings. The maximum atomic E-state index is 5.84. The first-order valence-corrected chi connectivity index (χ1v) is 7.54. The Bertz CT molecular complexity index is 411. The van der Waals surface area contributed by atoms with Crippen LogP contribution in [0.25, 0.3) is 0 Å². The molecule has 3 N–H and O–H groups in total. The Morgan fingerprint density at radius 1 is 1.15 bits per heavy atom. The molecule has 4 heteroatoms. The van der Waals surface area contributed by atoms with Gasteiger partial charge in [-0.15, -0.1) is 0 Å². The summed E-state index contributed by atoms with van der Waals surface area (Å²) in [4.78, 5) is 6.82. The number of hydrogen-bond acceptors (Lipinski definition) is 2. The first kappa shape index (κ1) is 16.5. The van der Waals surface area contributed by atoms with Gasteiger partial charge < -0.3 is 11.1 Å². The second-order valence-electron chi connectivity index (χ2n) is 4.86. The van der Waals surface area contributed by atoms with Crippen molar-refractivity contribution in [1.82, 2.24) is 10.2 Å². The minimum Gasteiger partial charge on any atom is -0.370 e. The summed E-state index contributed by atoms with van der Waals surface area (Å²) in [5, 5.41) is 3.10. The monoisotopic (exact) mass is 276 g/mol. The Balaban J connectivity index is 2.70. The van der Waals surface area contributed by atoms with Crippen LogP contribution in [0.1, 0.15) is 38.3 Å². The summed E-state index contributed by atoms with van der Waals surface area (Å²) in [7, 11) is 0. The largest absolute Gasteiger partial charge is 0.370 e. The van der Waals surface area contributed by atoms with Crippen molar-refractivity contribution in [2.45, 2.75) is 40.3 Å². The van der Waals surface area contributed by atoms with Crippen LogP contribution in [-0.2, 0) is 13.1 Å². The predicted molar refractivity (Wildman–Crippen MR) is 86.7 cm³/mol. The van der Waals surface area contributed by atoms with Crippen LogP contribution in [0, 0.1) is 0 Å². The number of nitrogens with two attached hydrogens (primary N) is 1. The molecule has 0 aliphatic rings. The third-order valence-corrected chi connectivity index (χ3v) is 3.38. The molecule has 0 radical (unpaired) electrons. The Morgan fingerprint density at radius 3 is 2.40 bits per heavy atom. The van der Waals surface area contributed by atoms with Gasteiger partial charge >= 0.3 is 0 Å². The predicted octanol–water partition coefficient (Wildman–Crippen LogP) is 2.34. The van der Waals surface area contributed by atoms with Crippen molar-refractivity contribution in [2.24, 2.45) is 10.7 Å². The summed E-state index contributed by atoms with van der Waals surface area (Å²) in [6.07, 6.45) is 1.05. The molecule has 0 heterocycles. The number of guanidine groups is 1. The molecule has 1 rings (SSSR count). The van der Waals surface area contributed by atoms with Crippen molar-refractivity contribution in [1.29, 1.82) is 0 Å². The summed E-state index contributed by atoms with van der Waals surface area (Å²) >= 11 is 0. The molecule has 1 aromatic carbocycles. The van der Waals surface area contributed by atoms with Crippen molar-refractivity contribution < 1.29 is 0 Å². The lowest BCUT2D eigenvalue weighted by Gasteiger charge is -2.19. The highest BCUT2D eigenvalue weighted by Crippen LogP contribution is 2.12. The molecule has 0 saturated carbocycles. The number of rotatable bonds is 8. The fraction of sp³-hybridized carbons (Fsp3) is 0.562. The van der Waals surface area contributed by atoms with Crippen molar-refractivity contribution >= 4 is 5.96 Å². The first-order valence-electron chi connectivity index (χ1n) is 7.54. The van der Waals surface area contributed by atoms with Crippen molar-refractivity contribution in [3.8, 4) is 0 Å². The van der Waals surface area contributed by atoms with Gasteiger partial charge in [-0.2, -0.15) is 0 Å². The molecule has 0 amide bonds. The van der Waals surface area contributed by atoms with Crippen molar-refractivity contribution in [3.63, 3.8) is 0 Å². The van der Waals surface area contributed by atoms with Gasteiger partial charge in [0.15, 0.2) is 5.96 Å². The number of nitrogens with one attached hydrogen (secondary N) is 1. The quantitative estimate of drug-likeness (QED) is 0.566. The van der Waals surface area contributed by atoms with Crippen LogP contribution in [-0.4, -0.2) is 30.5 Å². The fourth-order valence-corrected chi connectivity index (χ4v) is 2.03. The maximum Gasteiger partial charge on any atom is 0.188 e. The highest BCUT2D eigenvalue weighted by molar-refractivity contribution is 5.77. The number of benzene rings is 1. The van der Waals surface area contributed by atoms with Crippen LogP contribution < -0.4 is 11.1 Å². The lowest BCUT2D eigenvalue weighted by molar-refractivity contribution is 0.295. The van der Waals surface area contributed by atoms with E-state index in [9.17, 15) is 0 Å². The van der Waals surface area contributed by atoms with Crippen LogP contribution in [0.4, 0.5) is 0 Å². The van der Waals surface area contributed by atoms with Gasteiger partial charge in [0.25, 0.3) is 0 Å². The summed E-state index contributed by atoms with van der Waals surface area (Å²) in [5.41, 5.74) is 8.43. The normalized spacial score (nSPS) is 11.9. The van der Waals surface area contributed by atoms with Gasteiger partial charge in [-0.05, 0) is 30.6 Å². The third-order valence-electron chi connectivity index (χ3n) is 3.38. The molecule has 20 heavy (non-hydrogen) atoms. The summed E-state index contributed by atoms with van der Waals surface area (Å²) < 4.78 is 0. The Hall–Kier alpha value is -1.55. The van der Waals surface area contributed by atoms with E-state index >= 15 is 0 Å². The molecule has 112 valence electrons. The molecule has 0 aromatic heterocycles. The molecule has 1 aromatic rings. The molecular formula is C16H28N4. The Kier molecular flexibility index (Phi) is 7.73. The van der Waals surface area contributed by atoms with E-state index in [2.05, 4.69) is 60.2 Å². The molecule has 0 atom stereocenters. The zero-order valence-corrected chi connectivity index (χ0v) is 13.0. The molecule has 0 aliphatic carbocycles. The number of aliphatic imine (C=N–C) groups is 1. The third kappa shape index (κ3) is 5.61. The van der Waals surface area contributed by atoms with Crippen LogP contribution >= 0.6 is 0 Å². The van der Waals surface area contributed by atoms with E-state index in [1.807, 2.05) is 0 Å². The summed E-state index contributed by atoms with van der Waals surface area (Å²) in [5.74, 6) is 0.532. The molecular weight excluding hydrogens is 248 g/mol. The smallest absolute Gasteiger partial charge is 0.188 e. The van der Waals surface area contributed by atoms with Crippen LogP contribution in [0.5, 0.6) is 0 Å². The zero-order valence-electron chi connectivity index (χ0n) is 13.0. The molecule has 0 saturated heterocycles. The van der Waals surface area contributed by atoms with Gasteiger partial charge in [0.05, 0.1) is 6.54 Å². The van der Waals surface area contributed by atoms with Crippen molar-refractivity contribution in [3.05, 3.63) is 35.4 Å². The van der Waals surface area contributed by atoms with Gasteiger partial charge in [-0.25, -0.2) is 4.99 Å². The fourth-order valence-electron chi connectivity index (χ4n) is 2.03. The number of hydrogen-bond donors (Lipinski definition) is 2. The first-order chi connectivity index (χ1) is 9.71. The van der Waals surface area contributed by atoms with Crippen LogP contribution in [0.2, 0.25) is 0 Å².